The third-order valence-electron chi connectivity index (χ3n) is 4.80. The number of aromatic nitrogens is 3. The molecule has 25 heavy (non-hydrogen) atoms. The summed E-state index contributed by atoms with van der Waals surface area (Å²) >= 11 is 1.89. The van der Waals surface area contributed by atoms with Crippen molar-refractivity contribution in [2.75, 3.05) is 16.8 Å². The maximum atomic E-state index is 12.7. The van der Waals surface area contributed by atoms with Gasteiger partial charge in [-0.05, 0) is 17.9 Å². The molecule has 124 valence electrons. The van der Waals surface area contributed by atoms with Crippen molar-refractivity contribution in [1.82, 2.24) is 14.8 Å². The minimum atomic E-state index is -0.321. The average molecular weight is 348 g/mol. The predicted octanol–water partition coefficient (Wildman–Crippen LogP) is 3.19. The zero-order chi connectivity index (χ0) is 16.9. The van der Waals surface area contributed by atoms with E-state index in [9.17, 15) is 4.79 Å². The number of para-hydroxylation sites is 1. The first-order chi connectivity index (χ1) is 12.3. The van der Waals surface area contributed by atoms with E-state index in [1.165, 1.54) is 0 Å². The van der Waals surface area contributed by atoms with Crippen molar-refractivity contribution >= 4 is 17.4 Å². The summed E-state index contributed by atoms with van der Waals surface area (Å²) in [6.45, 7) is 0. The molecule has 0 bridgehead atoms. The molecule has 3 heterocycles. The first kappa shape index (κ1) is 14.7. The summed E-state index contributed by atoms with van der Waals surface area (Å²) in [5.41, 5.74) is 2.55. The molecule has 0 aliphatic carbocycles. The van der Waals surface area contributed by atoms with E-state index in [4.69, 9.17) is 5.10 Å². The molecule has 0 radical (unpaired) electrons. The molecule has 2 aromatic carbocycles. The monoisotopic (exact) mass is 348 g/mol. The van der Waals surface area contributed by atoms with Gasteiger partial charge in [-0.25, -0.2) is 4.68 Å². The van der Waals surface area contributed by atoms with Gasteiger partial charge in [0.25, 0.3) is 5.56 Å². The van der Waals surface area contributed by atoms with Gasteiger partial charge in [-0.2, -0.15) is 21.8 Å². The largest absolute Gasteiger partial charge is 0.360 e. The first-order valence-corrected chi connectivity index (χ1v) is 9.45. The van der Waals surface area contributed by atoms with Crippen LogP contribution < -0.4 is 10.9 Å². The summed E-state index contributed by atoms with van der Waals surface area (Å²) in [7, 11) is 0. The van der Waals surface area contributed by atoms with Crippen LogP contribution >= 0.6 is 11.8 Å². The van der Waals surface area contributed by atoms with Crippen LogP contribution in [0.5, 0.6) is 0 Å². The van der Waals surface area contributed by atoms with Crippen LogP contribution in [0.3, 0.4) is 0 Å². The van der Waals surface area contributed by atoms with Crippen molar-refractivity contribution in [2.45, 2.75) is 12.1 Å². The van der Waals surface area contributed by atoms with E-state index >= 15 is 0 Å². The Morgan fingerprint density at radius 3 is 2.68 bits per heavy atom. The number of nitrogens with zero attached hydrogens (tertiary/aromatic N) is 3. The van der Waals surface area contributed by atoms with Crippen molar-refractivity contribution in [3.05, 3.63) is 65.0 Å². The number of thioether (sulfide) groups is 1. The molecule has 5 nitrogen and oxygen atoms in total. The summed E-state index contributed by atoms with van der Waals surface area (Å²) in [6.07, 6.45) is 0.949. The Labute approximate surface area is 149 Å². The second-order valence-corrected chi connectivity index (χ2v) is 7.48. The van der Waals surface area contributed by atoms with Crippen LogP contribution in [-0.4, -0.2) is 26.3 Å². The van der Waals surface area contributed by atoms with Gasteiger partial charge in [-0.15, -0.1) is 0 Å². The van der Waals surface area contributed by atoms with Gasteiger partial charge >= 0.3 is 0 Å². The smallest absolute Gasteiger partial charge is 0.300 e. The topological polar surface area (TPSA) is 59.8 Å². The fourth-order valence-corrected chi connectivity index (χ4v) is 4.85. The average Bonchev–Trinajstić information content (AvgIpc) is 3.11. The lowest BCUT2D eigenvalue weighted by atomic mass is 10.0. The number of hydrogen-bond donors (Lipinski definition) is 1. The van der Waals surface area contributed by atoms with E-state index in [0.29, 0.717) is 11.5 Å². The SMILES string of the molecule is O=c1nc2n(nc1-c1ccccc1)C1(CCSC1)Nc1ccccc1-2. The summed E-state index contributed by atoms with van der Waals surface area (Å²) < 4.78 is 1.94. The van der Waals surface area contributed by atoms with Crippen LogP contribution in [0.15, 0.2) is 59.4 Å². The Morgan fingerprint density at radius 2 is 1.88 bits per heavy atom. The molecule has 3 aromatic rings. The maximum absolute atomic E-state index is 12.7. The van der Waals surface area contributed by atoms with Gasteiger partial charge < -0.3 is 5.32 Å². The molecule has 1 fully saturated rings. The van der Waals surface area contributed by atoms with Crippen molar-refractivity contribution in [2.24, 2.45) is 0 Å². The zero-order valence-corrected chi connectivity index (χ0v) is 14.3. The maximum Gasteiger partial charge on any atom is 0.300 e. The number of nitrogens with one attached hydrogen (secondary N) is 1. The van der Waals surface area contributed by atoms with Crippen LogP contribution in [0.1, 0.15) is 6.42 Å². The highest BCUT2D eigenvalue weighted by molar-refractivity contribution is 7.99. The molecule has 1 saturated heterocycles. The molecule has 2 aliphatic heterocycles. The van der Waals surface area contributed by atoms with Crippen LogP contribution in [0, 0.1) is 0 Å². The zero-order valence-electron chi connectivity index (χ0n) is 13.5. The first-order valence-electron chi connectivity index (χ1n) is 8.29. The minimum Gasteiger partial charge on any atom is -0.360 e. The Bertz CT molecular complexity index is 1010. The van der Waals surface area contributed by atoms with Crippen LogP contribution in [0.25, 0.3) is 22.6 Å². The minimum absolute atomic E-state index is 0.282. The van der Waals surface area contributed by atoms with Crippen molar-refractivity contribution in [3.63, 3.8) is 0 Å². The highest BCUT2D eigenvalue weighted by atomic mass is 32.2. The summed E-state index contributed by atoms with van der Waals surface area (Å²) in [5, 5.41) is 8.45. The second kappa shape index (κ2) is 5.46. The molecular formula is C19H16N4OS. The molecule has 1 spiro atoms. The van der Waals surface area contributed by atoms with Crippen molar-refractivity contribution < 1.29 is 0 Å². The molecular weight excluding hydrogens is 332 g/mol. The number of fused-ring (bicyclic) bond motifs is 4. The Morgan fingerprint density at radius 1 is 1.08 bits per heavy atom. The third kappa shape index (κ3) is 2.21. The molecule has 5 rings (SSSR count). The van der Waals surface area contributed by atoms with Gasteiger partial charge in [-0.3, -0.25) is 4.79 Å². The lowest BCUT2D eigenvalue weighted by Gasteiger charge is -2.38. The summed E-state index contributed by atoms with van der Waals surface area (Å²) in [4.78, 5) is 17.1. The summed E-state index contributed by atoms with van der Waals surface area (Å²) in [5.74, 6) is 2.62. The van der Waals surface area contributed by atoms with E-state index in [1.807, 2.05) is 71.0 Å². The van der Waals surface area contributed by atoms with E-state index in [2.05, 4.69) is 10.3 Å². The van der Waals surface area contributed by atoms with Gasteiger partial charge in [0.05, 0.1) is 0 Å². The van der Waals surface area contributed by atoms with Crippen LogP contribution in [-0.2, 0) is 5.66 Å². The van der Waals surface area contributed by atoms with E-state index < -0.39 is 0 Å². The Kier molecular flexibility index (Phi) is 3.21. The standard InChI is InChI=1S/C19H16N4OS/c24-18-16(13-6-2-1-3-7-13)22-23-17(20-18)14-8-4-5-9-15(14)21-19(23)10-11-25-12-19/h1-9,21H,10-12H2. The van der Waals surface area contributed by atoms with Gasteiger partial charge in [-0.1, -0.05) is 42.5 Å². The molecule has 1 N–H and O–H groups in total. The second-order valence-electron chi connectivity index (χ2n) is 6.37. The molecule has 0 saturated carbocycles. The van der Waals surface area contributed by atoms with Crippen LogP contribution in [0.2, 0.25) is 0 Å². The number of benzene rings is 2. The fraction of sp³-hybridized carbons (Fsp3) is 0.211. The van der Waals surface area contributed by atoms with Gasteiger partial charge in [0.2, 0.25) is 0 Å². The molecule has 1 atom stereocenters. The lowest BCUT2D eigenvalue weighted by molar-refractivity contribution is 0.333. The molecule has 1 unspecified atom stereocenters. The molecule has 1 aromatic heterocycles. The van der Waals surface area contributed by atoms with E-state index in [0.717, 1.165) is 34.7 Å². The fourth-order valence-electron chi connectivity index (χ4n) is 3.55. The highest BCUT2D eigenvalue weighted by Crippen LogP contribution is 2.43. The quantitative estimate of drug-likeness (QED) is 0.732. The van der Waals surface area contributed by atoms with Crippen molar-refractivity contribution in [1.29, 1.82) is 0 Å². The molecule has 0 amide bonds. The van der Waals surface area contributed by atoms with Gasteiger partial charge in [0, 0.05) is 29.0 Å². The Balaban J connectivity index is 1.80. The van der Waals surface area contributed by atoms with Crippen LogP contribution in [0.4, 0.5) is 5.69 Å². The van der Waals surface area contributed by atoms with Gasteiger partial charge in [0.1, 0.15) is 5.66 Å². The van der Waals surface area contributed by atoms with Gasteiger partial charge in [0.15, 0.2) is 11.5 Å². The third-order valence-corrected chi connectivity index (χ3v) is 5.97. The van der Waals surface area contributed by atoms with Crippen molar-refractivity contribution in [3.8, 4) is 22.6 Å². The molecule has 6 heteroatoms. The molecule has 2 aliphatic rings. The number of rotatable bonds is 1. The number of hydrogen-bond acceptors (Lipinski definition) is 5. The normalized spacial score (nSPS) is 20.8. The Hall–Kier alpha value is -2.60. The van der Waals surface area contributed by atoms with E-state index in [-0.39, 0.29) is 11.2 Å². The van der Waals surface area contributed by atoms with E-state index in [1.54, 1.807) is 0 Å². The number of anilines is 1. The lowest BCUT2D eigenvalue weighted by Crippen LogP contribution is -2.47. The summed E-state index contributed by atoms with van der Waals surface area (Å²) in [6, 6.07) is 17.5. The predicted molar refractivity (Wildman–Crippen MR) is 101 cm³/mol. The highest BCUT2D eigenvalue weighted by Gasteiger charge is 2.42.